The SMILES string of the molecule is COC(=O)CC=Cc1cnc(C#N)c(C)c1. The van der Waals surface area contributed by atoms with E-state index in [1.54, 1.807) is 18.3 Å². The van der Waals surface area contributed by atoms with Gasteiger partial charge in [-0.3, -0.25) is 4.79 Å². The van der Waals surface area contributed by atoms with Crippen LogP contribution in [0.1, 0.15) is 23.2 Å². The summed E-state index contributed by atoms with van der Waals surface area (Å²) in [5.74, 6) is -0.283. The number of aromatic nitrogens is 1. The number of nitrogens with zero attached hydrogens (tertiary/aromatic N) is 2. The third-order valence-corrected chi connectivity index (χ3v) is 2.03. The van der Waals surface area contributed by atoms with E-state index >= 15 is 0 Å². The fourth-order valence-corrected chi connectivity index (χ4v) is 1.18. The van der Waals surface area contributed by atoms with Crippen LogP contribution in [0.4, 0.5) is 0 Å². The maximum absolute atomic E-state index is 10.8. The van der Waals surface area contributed by atoms with Crippen LogP contribution in [0, 0.1) is 18.3 Å². The summed E-state index contributed by atoms with van der Waals surface area (Å²) in [5.41, 5.74) is 2.10. The summed E-state index contributed by atoms with van der Waals surface area (Å²) in [5, 5.41) is 8.70. The molecule has 0 unspecified atom stereocenters. The quantitative estimate of drug-likeness (QED) is 0.723. The standard InChI is InChI=1S/C12H12N2O2/c1-9-6-10(8-14-11(9)7-13)4-3-5-12(15)16-2/h3-4,6,8H,5H2,1-2H3. The number of hydrogen-bond donors (Lipinski definition) is 0. The van der Waals surface area contributed by atoms with Crippen molar-refractivity contribution >= 4 is 12.0 Å². The zero-order valence-corrected chi connectivity index (χ0v) is 9.23. The van der Waals surface area contributed by atoms with E-state index in [0.717, 1.165) is 11.1 Å². The molecule has 1 rings (SSSR count). The maximum Gasteiger partial charge on any atom is 0.309 e. The number of rotatable bonds is 3. The number of carbonyl (C=O) groups is 1. The minimum atomic E-state index is -0.283. The van der Waals surface area contributed by atoms with Gasteiger partial charge in [-0.05, 0) is 24.1 Å². The Hall–Kier alpha value is -2.15. The minimum Gasteiger partial charge on any atom is -0.469 e. The average Bonchev–Trinajstić information content (AvgIpc) is 2.29. The van der Waals surface area contributed by atoms with Gasteiger partial charge >= 0.3 is 5.97 Å². The zero-order chi connectivity index (χ0) is 12.0. The molecule has 82 valence electrons. The van der Waals surface area contributed by atoms with Gasteiger partial charge in [0, 0.05) is 6.20 Å². The van der Waals surface area contributed by atoms with Gasteiger partial charge in [0.2, 0.25) is 0 Å². The van der Waals surface area contributed by atoms with Crippen LogP contribution >= 0.6 is 0 Å². The van der Waals surface area contributed by atoms with Gasteiger partial charge in [0.1, 0.15) is 11.8 Å². The molecule has 0 aliphatic carbocycles. The highest BCUT2D eigenvalue weighted by molar-refractivity contribution is 5.72. The molecule has 4 nitrogen and oxygen atoms in total. The van der Waals surface area contributed by atoms with E-state index in [-0.39, 0.29) is 12.4 Å². The first-order chi connectivity index (χ1) is 7.67. The van der Waals surface area contributed by atoms with Crippen molar-refractivity contribution in [2.24, 2.45) is 0 Å². The Morgan fingerprint density at radius 2 is 2.44 bits per heavy atom. The molecule has 0 fully saturated rings. The van der Waals surface area contributed by atoms with Gasteiger partial charge in [-0.15, -0.1) is 0 Å². The van der Waals surface area contributed by atoms with Crippen molar-refractivity contribution < 1.29 is 9.53 Å². The van der Waals surface area contributed by atoms with Crippen LogP contribution in [-0.2, 0) is 9.53 Å². The molecule has 0 aliphatic heterocycles. The second kappa shape index (κ2) is 5.66. The summed E-state index contributed by atoms with van der Waals surface area (Å²) in [6.07, 6.45) is 5.31. The predicted molar refractivity (Wildman–Crippen MR) is 59.4 cm³/mol. The number of hydrogen-bond acceptors (Lipinski definition) is 4. The number of esters is 1. The molecule has 4 heteroatoms. The molecular weight excluding hydrogens is 204 g/mol. The van der Waals surface area contributed by atoms with Crippen LogP contribution in [0.5, 0.6) is 0 Å². The number of methoxy groups -OCH3 is 1. The first kappa shape index (κ1) is 11.9. The lowest BCUT2D eigenvalue weighted by Crippen LogP contribution is -1.96. The van der Waals surface area contributed by atoms with Gasteiger partial charge in [0.25, 0.3) is 0 Å². The Labute approximate surface area is 94.2 Å². The summed E-state index contributed by atoms with van der Waals surface area (Å²) in [7, 11) is 1.35. The highest BCUT2D eigenvalue weighted by Crippen LogP contribution is 2.08. The second-order valence-electron chi connectivity index (χ2n) is 3.23. The fraction of sp³-hybridized carbons (Fsp3) is 0.250. The molecule has 0 radical (unpaired) electrons. The Morgan fingerprint density at radius 3 is 3.00 bits per heavy atom. The van der Waals surface area contributed by atoms with E-state index in [0.29, 0.717) is 5.69 Å². The van der Waals surface area contributed by atoms with Crippen molar-refractivity contribution in [2.45, 2.75) is 13.3 Å². The van der Waals surface area contributed by atoms with Crippen molar-refractivity contribution in [1.29, 1.82) is 5.26 Å². The zero-order valence-electron chi connectivity index (χ0n) is 9.23. The minimum absolute atomic E-state index is 0.232. The molecule has 0 aromatic carbocycles. The molecule has 0 atom stereocenters. The molecule has 0 bridgehead atoms. The summed E-state index contributed by atoms with van der Waals surface area (Å²) in [6.45, 7) is 1.82. The third kappa shape index (κ3) is 3.21. The lowest BCUT2D eigenvalue weighted by Gasteiger charge is -1.98. The Kier molecular flexibility index (Phi) is 4.22. The second-order valence-corrected chi connectivity index (χ2v) is 3.23. The van der Waals surface area contributed by atoms with Crippen molar-refractivity contribution in [3.8, 4) is 6.07 Å². The van der Waals surface area contributed by atoms with E-state index in [1.807, 2.05) is 19.1 Å². The predicted octanol–water partition coefficient (Wildman–Crippen LogP) is 1.84. The van der Waals surface area contributed by atoms with Crippen LogP contribution in [0.3, 0.4) is 0 Å². The number of pyridine rings is 1. The van der Waals surface area contributed by atoms with E-state index < -0.39 is 0 Å². The van der Waals surface area contributed by atoms with Crippen LogP contribution in [0.15, 0.2) is 18.3 Å². The average molecular weight is 216 g/mol. The van der Waals surface area contributed by atoms with Gasteiger partial charge in [0.05, 0.1) is 13.5 Å². The molecule has 0 saturated carbocycles. The van der Waals surface area contributed by atoms with Crippen molar-refractivity contribution in [1.82, 2.24) is 4.98 Å². The Morgan fingerprint density at radius 1 is 1.69 bits per heavy atom. The molecule has 1 aromatic rings. The number of ether oxygens (including phenoxy) is 1. The van der Waals surface area contributed by atoms with Crippen LogP contribution in [0.2, 0.25) is 0 Å². The number of nitriles is 1. The highest BCUT2D eigenvalue weighted by Gasteiger charge is 1.99. The number of carbonyl (C=O) groups excluding carboxylic acids is 1. The lowest BCUT2D eigenvalue weighted by molar-refractivity contribution is -0.139. The first-order valence-corrected chi connectivity index (χ1v) is 4.77. The largest absolute Gasteiger partial charge is 0.469 e. The van der Waals surface area contributed by atoms with Gasteiger partial charge in [0.15, 0.2) is 0 Å². The molecular formula is C12H12N2O2. The highest BCUT2D eigenvalue weighted by atomic mass is 16.5. The Balaban J connectivity index is 2.72. The molecule has 1 aromatic heterocycles. The van der Waals surface area contributed by atoms with Crippen molar-refractivity contribution in [3.63, 3.8) is 0 Å². The normalized spacial score (nSPS) is 10.1. The van der Waals surface area contributed by atoms with Crippen LogP contribution in [0.25, 0.3) is 6.08 Å². The molecule has 0 N–H and O–H groups in total. The number of aryl methyl sites for hydroxylation is 1. The molecule has 16 heavy (non-hydrogen) atoms. The molecule has 1 heterocycles. The topological polar surface area (TPSA) is 63.0 Å². The van der Waals surface area contributed by atoms with E-state index in [4.69, 9.17) is 5.26 Å². The molecule has 0 saturated heterocycles. The summed E-state index contributed by atoms with van der Waals surface area (Å²) < 4.78 is 4.50. The fourth-order valence-electron chi connectivity index (χ4n) is 1.18. The van der Waals surface area contributed by atoms with E-state index in [9.17, 15) is 4.79 Å². The van der Waals surface area contributed by atoms with Gasteiger partial charge < -0.3 is 4.74 Å². The van der Waals surface area contributed by atoms with Crippen LogP contribution < -0.4 is 0 Å². The molecule has 0 aliphatic rings. The maximum atomic E-state index is 10.8. The summed E-state index contributed by atoms with van der Waals surface area (Å²) in [6, 6.07) is 3.84. The van der Waals surface area contributed by atoms with Gasteiger partial charge in [-0.2, -0.15) is 5.26 Å². The van der Waals surface area contributed by atoms with Crippen molar-refractivity contribution in [3.05, 3.63) is 35.2 Å². The van der Waals surface area contributed by atoms with Gasteiger partial charge in [-0.1, -0.05) is 12.2 Å². The monoisotopic (exact) mass is 216 g/mol. The Bertz CT molecular complexity index is 459. The smallest absolute Gasteiger partial charge is 0.309 e. The third-order valence-electron chi connectivity index (χ3n) is 2.03. The summed E-state index contributed by atoms with van der Waals surface area (Å²) >= 11 is 0. The van der Waals surface area contributed by atoms with Gasteiger partial charge in [-0.25, -0.2) is 4.98 Å². The lowest BCUT2D eigenvalue weighted by atomic mass is 10.1. The first-order valence-electron chi connectivity index (χ1n) is 4.77. The van der Waals surface area contributed by atoms with Crippen LogP contribution in [-0.4, -0.2) is 18.1 Å². The van der Waals surface area contributed by atoms with E-state index in [2.05, 4.69) is 9.72 Å². The molecule has 0 amide bonds. The molecule has 0 spiro atoms. The summed E-state index contributed by atoms with van der Waals surface area (Å²) in [4.78, 5) is 14.8. The van der Waals surface area contributed by atoms with Crippen molar-refractivity contribution in [2.75, 3.05) is 7.11 Å². The van der Waals surface area contributed by atoms with E-state index in [1.165, 1.54) is 7.11 Å².